The molecule has 1 aromatic carbocycles. The first-order chi connectivity index (χ1) is 10.9. The number of hydrogen-bond acceptors (Lipinski definition) is 2. The lowest BCUT2D eigenvalue weighted by atomic mass is 10.1. The number of aryl methyl sites for hydroxylation is 1. The number of nitrogens with one attached hydrogen (secondary N) is 1. The normalized spacial score (nSPS) is 13.3. The molecule has 0 aliphatic carbocycles. The number of carbonyl (C=O) groups is 2. The molecule has 1 aromatic rings. The van der Waals surface area contributed by atoms with Crippen LogP contribution < -0.4 is 5.32 Å². The molecule has 2 amide bonds. The summed E-state index contributed by atoms with van der Waals surface area (Å²) in [5.74, 6) is -0.0595. The molecule has 0 aliphatic rings. The Morgan fingerprint density at radius 2 is 1.74 bits per heavy atom. The molecule has 0 spiro atoms. The fourth-order valence-electron chi connectivity index (χ4n) is 2.30. The van der Waals surface area contributed by atoms with Gasteiger partial charge in [0, 0.05) is 19.0 Å². The van der Waals surface area contributed by atoms with E-state index in [4.69, 9.17) is 0 Å². The van der Waals surface area contributed by atoms with E-state index in [1.807, 2.05) is 52.0 Å². The average Bonchev–Trinajstić information content (AvgIpc) is 2.53. The molecule has 0 bridgehead atoms. The van der Waals surface area contributed by atoms with Gasteiger partial charge in [0.25, 0.3) is 0 Å². The maximum absolute atomic E-state index is 12.5. The molecule has 4 heteroatoms. The lowest BCUT2D eigenvalue weighted by Gasteiger charge is -2.29. The molecule has 2 atom stereocenters. The second-order valence-electron chi connectivity index (χ2n) is 6.25. The number of rotatable bonds is 8. The molecular formula is C19H30N2O2. The van der Waals surface area contributed by atoms with Crippen molar-refractivity contribution in [2.75, 3.05) is 0 Å². The van der Waals surface area contributed by atoms with Gasteiger partial charge in [-0.15, -0.1) is 0 Å². The summed E-state index contributed by atoms with van der Waals surface area (Å²) in [6.07, 6.45) is 2.12. The Kier molecular flexibility index (Phi) is 7.79. The molecule has 1 rings (SSSR count). The van der Waals surface area contributed by atoms with Crippen molar-refractivity contribution in [3.8, 4) is 0 Å². The first-order valence-corrected chi connectivity index (χ1v) is 8.54. The zero-order valence-corrected chi connectivity index (χ0v) is 15.1. The van der Waals surface area contributed by atoms with Gasteiger partial charge in [0.1, 0.15) is 6.04 Å². The molecule has 0 saturated heterocycles. The van der Waals surface area contributed by atoms with Crippen molar-refractivity contribution in [3.05, 3.63) is 35.4 Å². The summed E-state index contributed by atoms with van der Waals surface area (Å²) in [4.78, 5) is 26.5. The summed E-state index contributed by atoms with van der Waals surface area (Å²) in [6.45, 7) is 10.3. The molecular weight excluding hydrogens is 288 g/mol. The molecule has 0 aromatic heterocycles. The van der Waals surface area contributed by atoms with Gasteiger partial charge in [-0.1, -0.05) is 43.7 Å². The van der Waals surface area contributed by atoms with Crippen molar-refractivity contribution in [1.82, 2.24) is 10.2 Å². The van der Waals surface area contributed by atoms with E-state index in [0.29, 0.717) is 13.0 Å². The molecule has 0 fully saturated rings. The van der Waals surface area contributed by atoms with Crippen molar-refractivity contribution >= 4 is 11.8 Å². The summed E-state index contributed by atoms with van der Waals surface area (Å²) < 4.78 is 0. The predicted octanol–water partition coefficient (Wildman–Crippen LogP) is 3.43. The van der Waals surface area contributed by atoms with Crippen LogP contribution in [0.15, 0.2) is 24.3 Å². The van der Waals surface area contributed by atoms with E-state index in [1.54, 1.807) is 11.8 Å². The van der Waals surface area contributed by atoms with Crippen molar-refractivity contribution < 1.29 is 9.59 Å². The number of amides is 2. The smallest absolute Gasteiger partial charge is 0.242 e. The van der Waals surface area contributed by atoms with E-state index in [9.17, 15) is 9.59 Å². The van der Waals surface area contributed by atoms with E-state index in [2.05, 4.69) is 5.32 Å². The highest BCUT2D eigenvalue weighted by Crippen LogP contribution is 2.13. The van der Waals surface area contributed by atoms with Gasteiger partial charge < -0.3 is 10.2 Å². The summed E-state index contributed by atoms with van der Waals surface area (Å²) in [5, 5.41) is 2.97. The van der Waals surface area contributed by atoms with Gasteiger partial charge in [-0.25, -0.2) is 0 Å². The number of benzene rings is 1. The van der Waals surface area contributed by atoms with Gasteiger partial charge in [-0.2, -0.15) is 0 Å². The van der Waals surface area contributed by atoms with E-state index in [1.165, 1.54) is 5.56 Å². The van der Waals surface area contributed by atoms with Crippen LogP contribution in [-0.2, 0) is 16.1 Å². The van der Waals surface area contributed by atoms with E-state index in [-0.39, 0.29) is 17.9 Å². The van der Waals surface area contributed by atoms with Crippen LogP contribution in [0.25, 0.3) is 0 Å². The number of nitrogens with zero attached hydrogens (tertiary/aromatic N) is 1. The van der Waals surface area contributed by atoms with Crippen molar-refractivity contribution in [2.24, 2.45) is 0 Å². The lowest BCUT2D eigenvalue weighted by molar-refractivity contribution is -0.140. The maximum Gasteiger partial charge on any atom is 0.242 e. The van der Waals surface area contributed by atoms with Crippen LogP contribution in [0.1, 0.15) is 58.1 Å². The maximum atomic E-state index is 12.5. The van der Waals surface area contributed by atoms with Crippen LogP contribution >= 0.6 is 0 Å². The van der Waals surface area contributed by atoms with Gasteiger partial charge >= 0.3 is 0 Å². The summed E-state index contributed by atoms with van der Waals surface area (Å²) >= 11 is 0. The molecule has 0 saturated carbocycles. The Hall–Kier alpha value is -1.84. The molecule has 4 nitrogen and oxygen atoms in total. The van der Waals surface area contributed by atoms with E-state index < -0.39 is 6.04 Å². The molecule has 0 heterocycles. The van der Waals surface area contributed by atoms with Gasteiger partial charge in [-0.3, -0.25) is 9.59 Å². The molecule has 0 radical (unpaired) electrons. The van der Waals surface area contributed by atoms with Gasteiger partial charge in [0.2, 0.25) is 11.8 Å². The van der Waals surface area contributed by atoms with Crippen LogP contribution in [0.2, 0.25) is 0 Å². The number of carbonyl (C=O) groups excluding carboxylic acids is 2. The summed E-state index contributed by atoms with van der Waals surface area (Å²) in [6, 6.07) is 7.74. The Morgan fingerprint density at radius 3 is 2.26 bits per heavy atom. The van der Waals surface area contributed by atoms with Gasteiger partial charge in [-0.05, 0) is 39.2 Å². The van der Waals surface area contributed by atoms with Crippen LogP contribution in [0.5, 0.6) is 0 Å². The van der Waals surface area contributed by atoms with Gasteiger partial charge in [0.05, 0.1) is 0 Å². The number of hydrogen-bond donors (Lipinski definition) is 1. The molecule has 2 unspecified atom stereocenters. The largest absolute Gasteiger partial charge is 0.352 e. The lowest BCUT2D eigenvalue weighted by Crippen LogP contribution is -2.49. The summed E-state index contributed by atoms with van der Waals surface area (Å²) in [5.41, 5.74) is 2.23. The van der Waals surface area contributed by atoms with Crippen LogP contribution in [0, 0.1) is 6.92 Å². The second kappa shape index (κ2) is 9.33. The SMILES string of the molecule is CCCC(=O)N(Cc1ccc(C)cc1)C(C)C(=O)NC(C)CC. The third-order valence-corrected chi connectivity index (χ3v) is 4.11. The van der Waals surface area contributed by atoms with E-state index >= 15 is 0 Å². The highest BCUT2D eigenvalue weighted by atomic mass is 16.2. The Morgan fingerprint density at radius 1 is 1.13 bits per heavy atom. The fraction of sp³-hybridized carbons (Fsp3) is 0.579. The minimum Gasteiger partial charge on any atom is -0.352 e. The highest BCUT2D eigenvalue weighted by Gasteiger charge is 2.26. The van der Waals surface area contributed by atoms with E-state index in [0.717, 1.165) is 18.4 Å². The van der Waals surface area contributed by atoms with Crippen molar-refractivity contribution in [2.45, 2.75) is 72.5 Å². The summed E-state index contributed by atoms with van der Waals surface area (Å²) in [7, 11) is 0. The standard InChI is InChI=1S/C19H30N2O2/c1-6-8-18(22)21(13-17-11-9-14(3)10-12-17)16(5)19(23)20-15(4)7-2/h9-12,15-16H,6-8,13H2,1-5H3,(H,20,23). The topological polar surface area (TPSA) is 49.4 Å². The van der Waals surface area contributed by atoms with Crippen molar-refractivity contribution in [3.63, 3.8) is 0 Å². The van der Waals surface area contributed by atoms with Crippen LogP contribution in [-0.4, -0.2) is 28.8 Å². The van der Waals surface area contributed by atoms with Crippen LogP contribution in [0.3, 0.4) is 0 Å². The zero-order valence-electron chi connectivity index (χ0n) is 15.1. The monoisotopic (exact) mass is 318 g/mol. The highest BCUT2D eigenvalue weighted by molar-refractivity contribution is 5.87. The third-order valence-electron chi connectivity index (χ3n) is 4.11. The third kappa shape index (κ3) is 6.05. The van der Waals surface area contributed by atoms with Crippen molar-refractivity contribution in [1.29, 1.82) is 0 Å². The minimum absolute atomic E-state index is 0.0277. The molecule has 128 valence electrons. The second-order valence-corrected chi connectivity index (χ2v) is 6.25. The quantitative estimate of drug-likeness (QED) is 0.798. The Labute approximate surface area is 140 Å². The Balaban J connectivity index is 2.88. The van der Waals surface area contributed by atoms with Gasteiger partial charge in [0.15, 0.2) is 0 Å². The molecule has 23 heavy (non-hydrogen) atoms. The van der Waals surface area contributed by atoms with Crippen LogP contribution in [0.4, 0.5) is 0 Å². The fourth-order valence-corrected chi connectivity index (χ4v) is 2.30. The first kappa shape index (κ1) is 19.2. The first-order valence-electron chi connectivity index (χ1n) is 8.54. The average molecular weight is 318 g/mol. The molecule has 0 aliphatic heterocycles. The minimum atomic E-state index is -0.468. The zero-order chi connectivity index (χ0) is 17.4. The Bertz CT molecular complexity index is 511. The predicted molar refractivity (Wildman–Crippen MR) is 94.0 cm³/mol. The molecule has 1 N–H and O–H groups in total.